The fourth-order valence-corrected chi connectivity index (χ4v) is 1.36. The standard InChI is InChI=1S/C14H21N3OS/c1-10(2)9-18-13-7-5-12(6-8-13)11(3)16-17-14(19)15-4/h5-8,10H,9H2,1-4H3,(H2,15,17,19)/b16-11-. The maximum absolute atomic E-state index is 5.63. The average Bonchev–Trinajstić information content (AvgIpc) is 2.42. The number of nitrogens with one attached hydrogen (secondary N) is 2. The lowest BCUT2D eigenvalue weighted by atomic mass is 10.1. The molecule has 104 valence electrons. The molecule has 0 spiro atoms. The van der Waals surface area contributed by atoms with Crippen LogP contribution >= 0.6 is 12.2 Å². The number of benzene rings is 1. The Hall–Kier alpha value is -1.62. The van der Waals surface area contributed by atoms with Gasteiger partial charge in [-0.15, -0.1) is 0 Å². The first kappa shape index (κ1) is 15.4. The molecule has 0 radical (unpaired) electrons. The van der Waals surface area contributed by atoms with Crippen LogP contribution < -0.4 is 15.5 Å². The smallest absolute Gasteiger partial charge is 0.186 e. The van der Waals surface area contributed by atoms with Crippen LogP contribution in [0.25, 0.3) is 0 Å². The monoisotopic (exact) mass is 279 g/mol. The van der Waals surface area contributed by atoms with Crippen molar-refractivity contribution in [1.29, 1.82) is 0 Å². The Morgan fingerprint density at radius 2 is 1.95 bits per heavy atom. The SMILES string of the molecule is CNC(=S)N/N=C(/C)c1ccc(OCC(C)C)cc1. The summed E-state index contributed by atoms with van der Waals surface area (Å²) in [7, 11) is 1.75. The minimum absolute atomic E-state index is 0.497. The third-order valence-electron chi connectivity index (χ3n) is 2.41. The Labute approximate surface area is 120 Å². The van der Waals surface area contributed by atoms with Crippen molar-refractivity contribution in [2.75, 3.05) is 13.7 Å². The zero-order chi connectivity index (χ0) is 14.3. The van der Waals surface area contributed by atoms with Gasteiger partial charge >= 0.3 is 0 Å². The Balaban J connectivity index is 2.62. The number of rotatable bonds is 5. The van der Waals surface area contributed by atoms with E-state index in [9.17, 15) is 0 Å². The molecule has 0 aliphatic carbocycles. The highest BCUT2D eigenvalue weighted by atomic mass is 32.1. The highest BCUT2D eigenvalue weighted by molar-refractivity contribution is 7.80. The van der Waals surface area contributed by atoms with Crippen molar-refractivity contribution in [3.63, 3.8) is 0 Å². The summed E-state index contributed by atoms with van der Waals surface area (Å²) < 4.78 is 5.63. The van der Waals surface area contributed by atoms with Crippen LogP contribution in [0.3, 0.4) is 0 Å². The zero-order valence-electron chi connectivity index (χ0n) is 11.9. The van der Waals surface area contributed by atoms with Crippen molar-refractivity contribution in [2.24, 2.45) is 11.0 Å². The Morgan fingerprint density at radius 3 is 2.47 bits per heavy atom. The molecule has 19 heavy (non-hydrogen) atoms. The summed E-state index contributed by atoms with van der Waals surface area (Å²) in [4.78, 5) is 0. The summed E-state index contributed by atoms with van der Waals surface area (Å²) in [5.41, 5.74) is 4.66. The molecule has 0 aromatic heterocycles. The summed E-state index contributed by atoms with van der Waals surface area (Å²) in [6, 6.07) is 7.87. The molecular formula is C14H21N3OS. The van der Waals surface area contributed by atoms with Crippen molar-refractivity contribution in [3.05, 3.63) is 29.8 Å². The summed E-state index contributed by atoms with van der Waals surface area (Å²) in [5, 5.41) is 7.49. The highest BCUT2D eigenvalue weighted by Crippen LogP contribution is 2.13. The largest absolute Gasteiger partial charge is 0.493 e. The topological polar surface area (TPSA) is 45.7 Å². The molecule has 1 aromatic carbocycles. The molecule has 0 saturated heterocycles. The molecule has 0 aliphatic rings. The van der Waals surface area contributed by atoms with E-state index < -0.39 is 0 Å². The second-order valence-corrected chi connectivity index (χ2v) is 5.03. The van der Waals surface area contributed by atoms with Crippen LogP contribution in [0, 0.1) is 5.92 Å². The first-order chi connectivity index (χ1) is 9.02. The van der Waals surface area contributed by atoms with E-state index in [1.807, 2.05) is 31.2 Å². The van der Waals surface area contributed by atoms with Crippen molar-refractivity contribution in [2.45, 2.75) is 20.8 Å². The molecule has 1 aromatic rings. The molecule has 0 amide bonds. The van der Waals surface area contributed by atoms with Crippen molar-refractivity contribution < 1.29 is 4.74 Å². The van der Waals surface area contributed by atoms with Crippen LogP contribution in [0.15, 0.2) is 29.4 Å². The Kier molecular flexibility index (Phi) is 6.29. The van der Waals surface area contributed by atoms with Crippen LogP contribution in [0.2, 0.25) is 0 Å². The number of nitrogens with zero attached hydrogens (tertiary/aromatic N) is 1. The first-order valence-corrected chi connectivity index (χ1v) is 6.69. The third-order valence-corrected chi connectivity index (χ3v) is 2.70. The summed E-state index contributed by atoms with van der Waals surface area (Å²) in [6.07, 6.45) is 0. The first-order valence-electron chi connectivity index (χ1n) is 6.28. The Morgan fingerprint density at radius 1 is 1.32 bits per heavy atom. The van der Waals surface area contributed by atoms with Gasteiger partial charge in [0.25, 0.3) is 0 Å². The molecular weight excluding hydrogens is 258 g/mol. The van der Waals surface area contributed by atoms with Gasteiger partial charge in [-0.1, -0.05) is 13.8 Å². The molecule has 0 unspecified atom stereocenters. The molecule has 4 nitrogen and oxygen atoms in total. The van der Waals surface area contributed by atoms with Crippen molar-refractivity contribution >= 4 is 23.0 Å². The Bertz CT molecular complexity index is 441. The normalized spacial score (nSPS) is 11.3. The average molecular weight is 279 g/mol. The second-order valence-electron chi connectivity index (χ2n) is 4.62. The van der Waals surface area contributed by atoms with Gasteiger partial charge in [0.2, 0.25) is 0 Å². The molecule has 0 bridgehead atoms. The fraction of sp³-hybridized carbons (Fsp3) is 0.429. The van der Waals surface area contributed by atoms with Gasteiger partial charge in [-0.2, -0.15) is 5.10 Å². The quantitative estimate of drug-likeness (QED) is 0.494. The predicted octanol–water partition coefficient (Wildman–Crippen LogP) is 2.54. The lowest BCUT2D eigenvalue weighted by Gasteiger charge is -2.09. The predicted molar refractivity (Wildman–Crippen MR) is 83.8 cm³/mol. The molecule has 0 saturated carbocycles. The third kappa shape index (κ3) is 5.70. The van der Waals surface area contributed by atoms with E-state index in [4.69, 9.17) is 17.0 Å². The molecule has 0 aliphatic heterocycles. The van der Waals surface area contributed by atoms with Crippen LogP contribution in [0.5, 0.6) is 5.75 Å². The van der Waals surface area contributed by atoms with Crippen molar-refractivity contribution in [1.82, 2.24) is 10.7 Å². The van der Waals surface area contributed by atoms with Gasteiger partial charge in [0.15, 0.2) is 5.11 Å². The maximum atomic E-state index is 5.63. The van der Waals surface area contributed by atoms with Gasteiger partial charge in [0, 0.05) is 7.05 Å². The lowest BCUT2D eigenvalue weighted by molar-refractivity contribution is 0.271. The fourth-order valence-electron chi connectivity index (χ4n) is 1.31. The van der Waals surface area contributed by atoms with Crippen LogP contribution in [-0.4, -0.2) is 24.5 Å². The molecule has 0 fully saturated rings. The number of hydrogen-bond donors (Lipinski definition) is 2. The number of thiocarbonyl (C=S) groups is 1. The van der Waals surface area contributed by atoms with Gasteiger partial charge in [-0.25, -0.2) is 0 Å². The van der Waals surface area contributed by atoms with Crippen LogP contribution in [0.4, 0.5) is 0 Å². The van der Waals surface area contributed by atoms with Gasteiger partial charge in [0.05, 0.1) is 12.3 Å². The number of ether oxygens (including phenoxy) is 1. The minimum atomic E-state index is 0.497. The van der Waals surface area contributed by atoms with E-state index in [2.05, 4.69) is 29.7 Å². The van der Waals surface area contributed by atoms with Crippen LogP contribution in [0.1, 0.15) is 26.3 Å². The maximum Gasteiger partial charge on any atom is 0.186 e. The zero-order valence-corrected chi connectivity index (χ0v) is 12.7. The molecule has 1 rings (SSSR count). The molecule has 0 heterocycles. The van der Waals surface area contributed by atoms with Crippen LogP contribution in [-0.2, 0) is 0 Å². The summed E-state index contributed by atoms with van der Waals surface area (Å²) in [6.45, 7) is 6.91. The number of hydrazone groups is 1. The second kappa shape index (κ2) is 7.74. The van der Waals surface area contributed by atoms with Crippen molar-refractivity contribution in [3.8, 4) is 5.75 Å². The van der Waals surface area contributed by atoms with E-state index in [1.165, 1.54) is 0 Å². The number of hydrogen-bond acceptors (Lipinski definition) is 3. The van der Waals surface area contributed by atoms with Gasteiger partial charge in [0.1, 0.15) is 5.75 Å². The summed E-state index contributed by atoms with van der Waals surface area (Å²) in [5.74, 6) is 1.40. The van der Waals surface area contributed by atoms with E-state index in [1.54, 1.807) is 7.05 Å². The van der Waals surface area contributed by atoms with Gasteiger partial charge in [-0.05, 0) is 54.9 Å². The molecule has 5 heteroatoms. The van der Waals surface area contributed by atoms with E-state index in [-0.39, 0.29) is 0 Å². The molecule has 0 atom stereocenters. The lowest BCUT2D eigenvalue weighted by Crippen LogP contribution is -2.29. The van der Waals surface area contributed by atoms with E-state index in [0.29, 0.717) is 11.0 Å². The summed E-state index contributed by atoms with van der Waals surface area (Å²) >= 11 is 4.95. The minimum Gasteiger partial charge on any atom is -0.493 e. The molecule has 2 N–H and O–H groups in total. The highest BCUT2D eigenvalue weighted by Gasteiger charge is 2.00. The van der Waals surface area contributed by atoms with Gasteiger partial charge < -0.3 is 10.1 Å². The van der Waals surface area contributed by atoms with E-state index >= 15 is 0 Å². The van der Waals surface area contributed by atoms with Gasteiger partial charge in [-0.3, -0.25) is 5.43 Å². The van der Waals surface area contributed by atoms with E-state index in [0.717, 1.165) is 23.6 Å².